The average molecular weight is 417 g/mol. The lowest BCUT2D eigenvalue weighted by Crippen LogP contribution is -2.04. The van der Waals surface area contributed by atoms with E-state index in [9.17, 15) is 14.9 Å². The van der Waals surface area contributed by atoms with Crippen molar-refractivity contribution < 1.29 is 19.2 Å². The van der Waals surface area contributed by atoms with Gasteiger partial charge in [0.2, 0.25) is 5.82 Å². The molecule has 0 atom stereocenters. The fraction of sp³-hybridized carbons (Fsp3) is 0.0476. The van der Waals surface area contributed by atoms with Gasteiger partial charge in [-0.2, -0.15) is 4.98 Å². The van der Waals surface area contributed by atoms with Crippen LogP contribution >= 0.6 is 0 Å². The van der Waals surface area contributed by atoms with Gasteiger partial charge < -0.3 is 14.8 Å². The summed E-state index contributed by atoms with van der Waals surface area (Å²) in [6.07, 6.45) is 2.76. The van der Waals surface area contributed by atoms with Gasteiger partial charge in [0.1, 0.15) is 11.8 Å². The number of pyridine rings is 1. The van der Waals surface area contributed by atoms with E-state index in [0.29, 0.717) is 22.5 Å². The highest BCUT2D eigenvalue weighted by atomic mass is 16.6. The molecule has 10 heteroatoms. The lowest BCUT2D eigenvalue weighted by molar-refractivity contribution is -0.385. The predicted octanol–water partition coefficient (Wildman–Crippen LogP) is 4.26. The number of esters is 1. The number of methoxy groups -OCH3 is 1. The number of nitro groups is 1. The van der Waals surface area contributed by atoms with Crippen LogP contribution in [0.2, 0.25) is 0 Å². The molecule has 0 amide bonds. The molecule has 0 aliphatic heterocycles. The fourth-order valence-corrected chi connectivity index (χ4v) is 2.90. The Kier molecular flexibility index (Phi) is 5.35. The van der Waals surface area contributed by atoms with Crippen LogP contribution in [0.5, 0.6) is 11.6 Å². The molecule has 2 aromatic carbocycles. The maximum Gasteiger partial charge on any atom is 0.373 e. The van der Waals surface area contributed by atoms with E-state index < -0.39 is 16.6 Å². The van der Waals surface area contributed by atoms with Crippen molar-refractivity contribution >= 4 is 34.1 Å². The number of nitrogens with one attached hydrogen (secondary N) is 1. The number of anilines is 2. The van der Waals surface area contributed by atoms with Gasteiger partial charge in [-0.1, -0.05) is 18.2 Å². The summed E-state index contributed by atoms with van der Waals surface area (Å²) in [6.45, 7) is 0. The Bertz CT molecular complexity index is 1270. The number of para-hydroxylation sites is 1. The minimum absolute atomic E-state index is 0.0611. The number of carbonyl (C=O) groups is 1. The maximum atomic E-state index is 11.8. The first kappa shape index (κ1) is 19.7. The number of carbonyl (C=O) groups excluding carboxylic acids is 1. The first-order valence-electron chi connectivity index (χ1n) is 9.03. The molecule has 10 nitrogen and oxygen atoms in total. The van der Waals surface area contributed by atoms with Gasteiger partial charge in [0.15, 0.2) is 5.75 Å². The maximum absolute atomic E-state index is 11.8. The highest BCUT2D eigenvalue weighted by Gasteiger charge is 2.26. The number of hydrogen-bond donors (Lipinski definition) is 1. The summed E-state index contributed by atoms with van der Waals surface area (Å²) in [6, 6.07) is 15.1. The molecule has 0 aliphatic carbocycles. The molecular weight excluding hydrogens is 402 g/mol. The molecule has 0 bridgehead atoms. The van der Waals surface area contributed by atoms with Crippen LogP contribution < -0.4 is 10.1 Å². The van der Waals surface area contributed by atoms with E-state index in [4.69, 9.17) is 4.74 Å². The first-order chi connectivity index (χ1) is 15.1. The van der Waals surface area contributed by atoms with E-state index in [1.54, 1.807) is 36.5 Å². The van der Waals surface area contributed by atoms with Gasteiger partial charge >= 0.3 is 17.5 Å². The first-order valence-corrected chi connectivity index (χ1v) is 9.03. The number of fused-ring (bicyclic) bond motifs is 1. The third kappa shape index (κ3) is 4.08. The van der Waals surface area contributed by atoms with Crippen LogP contribution in [-0.4, -0.2) is 33.0 Å². The third-order valence-electron chi connectivity index (χ3n) is 4.34. The summed E-state index contributed by atoms with van der Waals surface area (Å²) < 4.78 is 10.4. The molecule has 0 aliphatic rings. The molecule has 0 spiro atoms. The average Bonchev–Trinajstić information content (AvgIpc) is 2.79. The van der Waals surface area contributed by atoms with Crippen LogP contribution in [0, 0.1) is 10.1 Å². The lowest BCUT2D eigenvalue weighted by atomic mass is 10.2. The molecule has 0 fully saturated rings. The SMILES string of the molecule is COC(=O)c1ccc(Nc2ncnc(Oc3cccc4cccnc34)c2[N+](=O)[O-])cc1. The second-order valence-corrected chi connectivity index (χ2v) is 6.26. The summed E-state index contributed by atoms with van der Waals surface area (Å²) >= 11 is 0. The van der Waals surface area contributed by atoms with Gasteiger partial charge in [-0.3, -0.25) is 15.1 Å². The minimum Gasteiger partial charge on any atom is -0.465 e. The fourth-order valence-electron chi connectivity index (χ4n) is 2.90. The number of ether oxygens (including phenoxy) is 2. The largest absolute Gasteiger partial charge is 0.465 e. The standard InChI is InChI=1S/C21H15N5O5/c1-30-21(27)14-7-9-15(10-8-14)25-19-18(26(28)29)20(24-12-23-19)31-16-6-2-4-13-5-3-11-22-17(13)16/h2-12H,1H3,(H,23,24,25). The van der Waals surface area contributed by atoms with Crippen LogP contribution in [0.3, 0.4) is 0 Å². The van der Waals surface area contributed by atoms with Crippen LogP contribution in [0.1, 0.15) is 10.4 Å². The van der Waals surface area contributed by atoms with Crippen molar-refractivity contribution in [1.82, 2.24) is 15.0 Å². The molecule has 0 radical (unpaired) electrons. The molecule has 31 heavy (non-hydrogen) atoms. The molecule has 4 aromatic rings. The molecule has 4 rings (SSSR count). The lowest BCUT2D eigenvalue weighted by Gasteiger charge is -2.10. The van der Waals surface area contributed by atoms with Crippen molar-refractivity contribution in [2.45, 2.75) is 0 Å². The van der Waals surface area contributed by atoms with Crippen LogP contribution in [0.25, 0.3) is 10.9 Å². The van der Waals surface area contributed by atoms with Crippen molar-refractivity contribution in [3.05, 3.63) is 82.8 Å². The van der Waals surface area contributed by atoms with Crippen molar-refractivity contribution in [2.24, 2.45) is 0 Å². The summed E-state index contributed by atoms with van der Waals surface area (Å²) in [5.41, 5.74) is 0.934. The van der Waals surface area contributed by atoms with Gasteiger partial charge in [0, 0.05) is 17.3 Å². The Balaban J connectivity index is 1.68. The van der Waals surface area contributed by atoms with Crippen LogP contribution in [-0.2, 0) is 4.74 Å². The number of benzene rings is 2. The van der Waals surface area contributed by atoms with Crippen LogP contribution in [0.4, 0.5) is 17.2 Å². The normalized spacial score (nSPS) is 10.5. The van der Waals surface area contributed by atoms with Gasteiger partial charge in [-0.25, -0.2) is 9.78 Å². The molecular formula is C21H15N5O5. The predicted molar refractivity (Wildman–Crippen MR) is 112 cm³/mol. The zero-order chi connectivity index (χ0) is 21.8. The Morgan fingerprint density at radius 2 is 1.81 bits per heavy atom. The van der Waals surface area contributed by atoms with E-state index in [2.05, 4.69) is 25.0 Å². The van der Waals surface area contributed by atoms with Gasteiger partial charge in [-0.15, -0.1) is 0 Å². The molecule has 0 unspecified atom stereocenters. The Labute approximate surface area is 175 Å². The van der Waals surface area contributed by atoms with Gasteiger partial charge in [0.05, 0.1) is 17.6 Å². The van der Waals surface area contributed by atoms with Crippen molar-refractivity contribution in [3.8, 4) is 11.6 Å². The summed E-state index contributed by atoms with van der Waals surface area (Å²) in [5.74, 6) is -0.451. The Morgan fingerprint density at radius 3 is 2.55 bits per heavy atom. The highest BCUT2D eigenvalue weighted by Crippen LogP contribution is 2.37. The van der Waals surface area contributed by atoms with Crippen molar-refractivity contribution in [1.29, 1.82) is 0 Å². The van der Waals surface area contributed by atoms with E-state index >= 15 is 0 Å². The van der Waals surface area contributed by atoms with Crippen LogP contribution in [0.15, 0.2) is 67.1 Å². The second-order valence-electron chi connectivity index (χ2n) is 6.26. The van der Waals surface area contributed by atoms with E-state index in [-0.39, 0.29) is 11.7 Å². The third-order valence-corrected chi connectivity index (χ3v) is 4.34. The van der Waals surface area contributed by atoms with E-state index in [1.807, 2.05) is 12.1 Å². The molecule has 2 heterocycles. The number of aromatic nitrogens is 3. The quantitative estimate of drug-likeness (QED) is 0.278. The summed E-state index contributed by atoms with van der Waals surface area (Å²) in [4.78, 5) is 34.9. The Morgan fingerprint density at radius 1 is 1.03 bits per heavy atom. The number of nitrogens with zero attached hydrogens (tertiary/aromatic N) is 4. The summed E-state index contributed by atoms with van der Waals surface area (Å²) in [5, 5.41) is 15.5. The molecule has 0 saturated heterocycles. The van der Waals surface area contributed by atoms with Gasteiger partial charge in [-0.05, 0) is 36.4 Å². The van der Waals surface area contributed by atoms with Crippen molar-refractivity contribution in [2.75, 3.05) is 12.4 Å². The molecule has 2 aromatic heterocycles. The molecule has 154 valence electrons. The monoisotopic (exact) mass is 417 g/mol. The second kappa shape index (κ2) is 8.41. The molecule has 0 saturated carbocycles. The molecule has 1 N–H and O–H groups in total. The minimum atomic E-state index is -0.626. The summed E-state index contributed by atoms with van der Waals surface area (Å²) in [7, 11) is 1.28. The van der Waals surface area contributed by atoms with Gasteiger partial charge in [0.25, 0.3) is 0 Å². The topological polar surface area (TPSA) is 129 Å². The number of hydrogen-bond acceptors (Lipinski definition) is 9. The zero-order valence-electron chi connectivity index (χ0n) is 16.2. The van der Waals surface area contributed by atoms with E-state index in [1.165, 1.54) is 19.2 Å². The smallest absolute Gasteiger partial charge is 0.373 e. The number of rotatable bonds is 6. The Hall–Kier alpha value is -4.60. The van der Waals surface area contributed by atoms with E-state index in [0.717, 1.165) is 11.7 Å². The zero-order valence-corrected chi connectivity index (χ0v) is 16.2. The highest BCUT2D eigenvalue weighted by molar-refractivity contribution is 5.90. The van der Waals surface area contributed by atoms with Crippen molar-refractivity contribution in [3.63, 3.8) is 0 Å².